The predicted octanol–water partition coefficient (Wildman–Crippen LogP) is 3.10. The van der Waals surface area contributed by atoms with E-state index in [0.717, 1.165) is 19.3 Å². The van der Waals surface area contributed by atoms with Gasteiger partial charge in [-0.2, -0.15) is 4.98 Å². The molecule has 1 heterocycles. The van der Waals surface area contributed by atoms with Crippen molar-refractivity contribution in [3.8, 4) is 0 Å². The second kappa shape index (κ2) is 7.76. The fourth-order valence-corrected chi connectivity index (χ4v) is 2.85. The number of nitrogens with two attached hydrogens (primary N) is 1. The maximum atomic E-state index is 12.2. The fourth-order valence-electron chi connectivity index (χ4n) is 2.85. The summed E-state index contributed by atoms with van der Waals surface area (Å²) < 4.78 is 5.23. The maximum Gasteiger partial charge on any atom is 0.251 e. The van der Waals surface area contributed by atoms with Crippen LogP contribution < -0.4 is 11.1 Å². The Morgan fingerprint density at radius 2 is 1.92 bits per heavy atom. The molecule has 7 heteroatoms. The third-order valence-electron chi connectivity index (χ3n) is 4.80. The highest BCUT2D eigenvalue weighted by Crippen LogP contribution is 2.36. The van der Waals surface area contributed by atoms with Crippen LogP contribution in [0.3, 0.4) is 0 Å². The first kappa shape index (κ1) is 20.4. The standard InChI is InChI=1S/C19H26N4O2.ClH/c1-18(2,3)14-7-5-13(6-8-14)16(24)21-12-9-15-22-17(23-25-15)19(20)10-4-11-19;/h5-8H,4,9-12,20H2,1-3H3,(H,21,24);1H. The van der Waals surface area contributed by atoms with Crippen molar-refractivity contribution in [3.63, 3.8) is 0 Å². The van der Waals surface area contributed by atoms with E-state index in [2.05, 4.69) is 36.2 Å². The van der Waals surface area contributed by atoms with Gasteiger partial charge in [-0.1, -0.05) is 38.1 Å². The van der Waals surface area contributed by atoms with Crippen LogP contribution in [0.4, 0.5) is 0 Å². The van der Waals surface area contributed by atoms with E-state index in [1.54, 1.807) is 0 Å². The SMILES string of the molecule is CC(C)(C)c1ccc(C(=O)NCCc2nc(C3(N)CCC3)no2)cc1.Cl. The number of halogens is 1. The lowest BCUT2D eigenvalue weighted by atomic mass is 9.77. The van der Waals surface area contributed by atoms with Crippen molar-refractivity contribution in [3.05, 3.63) is 47.1 Å². The molecule has 0 saturated heterocycles. The van der Waals surface area contributed by atoms with Crippen LogP contribution in [-0.2, 0) is 17.4 Å². The zero-order valence-electron chi connectivity index (χ0n) is 15.5. The highest BCUT2D eigenvalue weighted by molar-refractivity contribution is 5.94. The van der Waals surface area contributed by atoms with E-state index in [0.29, 0.717) is 30.2 Å². The summed E-state index contributed by atoms with van der Waals surface area (Å²) in [6.45, 7) is 6.89. The highest BCUT2D eigenvalue weighted by Gasteiger charge is 2.38. The van der Waals surface area contributed by atoms with Crippen molar-refractivity contribution in [1.82, 2.24) is 15.5 Å². The number of aromatic nitrogens is 2. The average molecular weight is 379 g/mol. The number of hydrogen-bond acceptors (Lipinski definition) is 5. The predicted molar refractivity (Wildman–Crippen MR) is 102 cm³/mol. The van der Waals surface area contributed by atoms with Gasteiger partial charge < -0.3 is 15.6 Å². The summed E-state index contributed by atoms with van der Waals surface area (Å²) in [7, 11) is 0. The number of rotatable bonds is 5. The third-order valence-corrected chi connectivity index (χ3v) is 4.80. The van der Waals surface area contributed by atoms with Crippen LogP contribution in [0.5, 0.6) is 0 Å². The van der Waals surface area contributed by atoms with E-state index in [1.165, 1.54) is 5.56 Å². The molecule has 2 aromatic rings. The van der Waals surface area contributed by atoms with Gasteiger partial charge in [0.2, 0.25) is 5.89 Å². The molecule has 0 bridgehead atoms. The summed E-state index contributed by atoms with van der Waals surface area (Å²) in [5, 5.41) is 6.86. The lowest BCUT2D eigenvalue weighted by Crippen LogP contribution is -2.44. The van der Waals surface area contributed by atoms with Gasteiger partial charge in [0.25, 0.3) is 5.91 Å². The molecule has 3 rings (SSSR count). The molecule has 1 aliphatic rings. The number of carbonyl (C=O) groups excluding carboxylic acids is 1. The van der Waals surface area contributed by atoms with E-state index in [9.17, 15) is 4.79 Å². The maximum absolute atomic E-state index is 12.2. The Kier molecular flexibility index (Phi) is 6.09. The Hall–Kier alpha value is -1.92. The second-order valence-corrected chi connectivity index (χ2v) is 7.85. The van der Waals surface area contributed by atoms with Crippen LogP contribution in [-0.4, -0.2) is 22.6 Å². The van der Waals surface area contributed by atoms with E-state index in [1.807, 2.05) is 24.3 Å². The summed E-state index contributed by atoms with van der Waals surface area (Å²) in [4.78, 5) is 16.6. The van der Waals surface area contributed by atoms with E-state index in [4.69, 9.17) is 10.3 Å². The minimum atomic E-state index is -0.417. The minimum Gasteiger partial charge on any atom is -0.352 e. The molecule has 1 aromatic heterocycles. The molecular formula is C19H27ClN4O2. The Bertz CT molecular complexity index is 746. The molecule has 0 unspecified atom stereocenters. The zero-order valence-corrected chi connectivity index (χ0v) is 16.4. The van der Waals surface area contributed by atoms with Crippen molar-refractivity contribution >= 4 is 18.3 Å². The van der Waals surface area contributed by atoms with Crippen molar-refractivity contribution in [2.24, 2.45) is 5.73 Å². The Labute approximate surface area is 160 Å². The number of nitrogens with zero attached hydrogens (tertiary/aromatic N) is 2. The van der Waals surface area contributed by atoms with Crippen molar-refractivity contribution in [2.75, 3.05) is 6.54 Å². The van der Waals surface area contributed by atoms with Crippen LogP contribution in [0.1, 0.15) is 67.7 Å². The molecule has 1 saturated carbocycles. The topological polar surface area (TPSA) is 94.0 Å². The summed E-state index contributed by atoms with van der Waals surface area (Å²) in [5.74, 6) is 0.988. The number of amides is 1. The molecule has 0 spiro atoms. The molecular weight excluding hydrogens is 352 g/mol. The van der Waals surface area contributed by atoms with E-state index < -0.39 is 5.54 Å². The number of carbonyl (C=O) groups is 1. The molecule has 6 nitrogen and oxygen atoms in total. The first-order valence-electron chi connectivity index (χ1n) is 8.79. The molecule has 3 N–H and O–H groups in total. The third kappa shape index (κ3) is 4.43. The molecule has 142 valence electrons. The highest BCUT2D eigenvalue weighted by atomic mass is 35.5. The summed E-state index contributed by atoms with van der Waals surface area (Å²) in [5.41, 5.74) is 7.69. The molecule has 1 aliphatic carbocycles. The van der Waals surface area contributed by atoms with Crippen molar-refractivity contribution in [1.29, 1.82) is 0 Å². The number of hydrogen-bond donors (Lipinski definition) is 2. The van der Waals surface area contributed by atoms with Gasteiger partial charge in [-0.3, -0.25) is 4.79 Å². The Morgan fingerprint density at radius 1 is 1.27 bits per heavy atom. The Balaban J connectivity index is 0.00000243. The largest absolute Gasteiger partial charge is 0.352 e. The van der Waals surface area contributed by atoms with Crippen LogP contribution in [0.2, 0.25) is 0 Å². The number of nitrogens with one attached hydrogen (secondary N) is 1. The minimum absolute atomic E-state index is 0. The molecule has 1 fully saturated rings. The average Bonchev–Trinajstić information content (AvgIpc) is 3.01. The molecule has 26 heavy (non-hydrogen) atoms. The van der Waals surface area contributed by atoms with Gasteiger partial charge in [0, 0.05) is 18.5 Å². The van der Waals surface area contributed by atoms with Crippen LogP contribution in [0.25, 0.3) is 0 Å². The van der Waals surface area contributed by atoms with Gasteiger partial charge >= 0.3 is 0 Å². The van der Waals surface area contributed by atoms with Gasteiger partial charge in [-0.05, 0) is 42.4 Å². The van der Waals surface area contributed by atoms with Crippen LogP contribution >= 0.6 is 12.4 Å². The van der Waals surface area contributed by atoms with Gasteiger partial charge in [0.1, 0.15) is 0 Å². The van der Waals surface area contributed by atoms with Crippen LogP contribution in [0, 0.1) is 0 Å². The first-order valence-corrected chi connectivity index (χ1v) is 8.79. The van der Waals surface area contributed by atoms with Crippen LogP contribution in [0.15, 0.2) is 28.8 Å². The first-order chi connectivity index (χ1) is 11.8. The summed E-state index contributed by atoms with van der Waals surface area (Å²) in [6.07, 6.45) is 3.39. The van der Waals surface area contributed by atoms with Gasteiger partial charge in [0.15, 0.2) is 5.82 Å². The fraction of sp³-hybridized carbons (Fsp3) is 0.526. The van der Waals surface area contributed by atoms with Crippen molar-refractivity contribution < 1.29 is 9.32 Å². The molecule has 0 aliphatic heterocycles. The molecule has 1 aromatic carbocycles. The second-order valence-electron chi connectivity index (χ2n) is 7.85. The normalized spacial score (nSPS) is 15.7. The molecule has 0 radical (unpaired) electrons. The van der Waals surface area contributed by atoms with E-state index >= 15 is 0 Å². The lowest BCUT2D eigenvalue weighted by Gasteiger charge is -2.34. The smallest absolute Gasteiger partial charge is 0.251 e. The number of benzene rings is 1. The quantitative estimate of drug-likeness (QED) is 0.833. The zero-order chi connectivity index (χ0) is 18.1. The van der Waals surface area contributed by atoms with Gasteiger partial charge in [-0.15, -0.1) is 12.4 Å². The summed E-state index contributed by atoms with van der Waals surface area (Å²) in [6, 6.07) is 7.71. The van der Waals surface area contributed by atoms with Gasteiger partial charge in [-0.25, -0.2) is 0 Å². The Morgan fingerprint density at radius 3 is 2.46 bits per heavy atom. The van der Waals surface area contributed by atoms with Gasteiger partial charge in [0.05, 0.1) is 5.54 Å². The monoisotopic (exact) mass is 378 g/mol. The lowest BCUT2D eigenvalue weighted by molar-refractivity contribution is 0.0953. The molecule has 0 atom stereocenters. The summed E-state index contributed by atoms with van der Waals surface area (Å²) >= 11 is 0. The molecule has 1 amide bonds. The van der Waals surface area contributed by atoms with Crippen molar-refractivity contribution in [2.45, 2.75) is 57.4 Å². The van der Waals surface area contributed by atoms with E-state index in [-0.39, 0.29) is 23.7 Å².